The van der Waals surface area contributed by atoms with E-state index in [4.69, 9.17) is 9.72 Å². The second-order valence-electron chi connectivity index (χ2n) is 8.25. The standard InChI is InChI=1S/C21H33N5O3/c1-15(2)23-20(28)17-14-26(19(27)8-12-29-3)13-16(17)18-7-9-22-21(24-18)25-10-5-4-6-11-25/h7,9,15-17H,4-6,8,10-14H2,1-3H3,(H,23,28)/t16-,17-/m0/s1. The Morgan fingerprint density at radius 1 is 1.24 bits per heavy atom. The van der Waals surface area contributed by atoms with Gasteiger partial charge >= 0.3 is 0 Å². The summed E-state index contributed by atoms with van der Waals surface area (Å²) in [5.41, 5.74) is 0.839. The molecule has 2 amide bonds. The molecule has 0 aromatic carbocycles. The highest BCUT2D eigenvalue weighted by molar-refractivity contribution is 5.83. The number of hydrogen-bond donors (Lipinski definition) is 1. The SMILES string of the molecule is COCCC(=O)N1C[C@H](C(=O)NC(C)C)[C@@H](c2ccnc(N3CCCCC3)n2)C1. The van der Waals surface area contributed by atoms with Gasteiger partial charge in [0, 0.05) is 51.4 Å². The minimum atomic E-state index is -0.312. The lowest BCUT2D eigenvalue weighted by Crippen LogP contribution is -2.39. The monoisotopic (exact) mass is 403 g/mol. The van der Waals surface area contributed by atoms with Crippen LogP contribution in [0.15, 0.2) is 12.3 Å². The number of methoxy groups -OCH3 is 1. The van der Waals surface area contributed by atoms with Crippen molar-refractivity contribution in [2.75, 3.05) is 44.8 Å². The molecule has 160 valence electrons. The maximum atomic E-state index is 12.9. The van der Waals surface area contributed by atoms with E-state index in [1.807, 2.05) is 19.9 Å². The van der Waals surface area contributed by atoms with Gasteiger partial charge in [0.25, 0.3) is 0 Å². The van der Waals surface area contributed by atoms with Crippen molar-refractivity contribution in [1.82, 2.24) is 20.2 Å². The van der Waals surface area contributed by atoms with Gasteiger partial charge in [0.1, 0.15) is 0 Å². The molecule has 1 aromatic rings. The highest BCUT2D eigenvalue weighted by Gasteiger charge is 2.41. The summed E-state index contributed by atoms with van der Waals surface area (Å²) < 4.78 is 5.04. The highest BCUT2D eigenvalue weighted by atomic mass is 16.5. The lowest BCUT2D eigenvalue weighted by Gasteiger charge is -2.27. The highest BCUT2D eigenvalue weighted by Crippen LogP contribution is 2.33. The van der Waals surface area contributed by atoms with Crippen LogP contribution in [0.2, 0.25) is 0 Å². The molecule has 29 heavy (non-hydrogen) atoms. The minimum absolute atomic E-state index is 0.0157. The van der Waals surface area contributed by atoms with Crippen molar-refractivity contribution >= 4 is 17.8 Å². The zero-order valence-electron chi connectivity index (χ0n) is 17.8. The van der Waals surface area contributed by atoms with Crippen LogP contribution in [0.5, 0.6) is 0 Å². The van der Waals surface area contributed by atoms with Crippen molar-refractivity contribution in [2.45, 2.75) is 51.5 Å². The van der Waals surface area contributed by atoms with Gasteiger partial charge < -0.3 is 19.9 Å². The molecule has 2 aliphatic rings. The Balaban J connectivity index is 1.81. The summed E-state index contributed by atoms with van der Waals surface area (Å²) in [5.74, 6) is 0.279. The Bertz CT molecular complexity index is 705. The van der Waals surface area contributed by atoms with Crippen LogP contribution < -0.4 is 10.2 Å². The Morgan fingerprint density at radius 3 is 2.69 bits per heavy atom. The Kier molecular flexibility index (Phi) is 7.41. The largest absolute Gasteiger partial charge is 0.384 e. The molecule has 0 radical (unpaired) electrons. The first-order chi connectivity index (χ1) is 14.0. The van der Waals surface area contributed by atoms with Crippen molar-refractivity contribution in [3.63, 3.8) is 0 Å². The molecule has 3 rings (SSSR count). The van der Waals surface area contributed by atoms with E-state index in [1.165, 1.54) is 6.42 Å². The summed E-state index contributed by atoms with van der Waals surface area (Å²) >= 11 is 0. The molecule has 2 aliphatic heterocycles. The van der Waals surface area contributed by atoms with Gasteiger partial charge in [0.05, 0.1) is 24.6 Å². The predicted molar refractivity (Wildman–Crippen MR) is 111 cm³/mol. The average Bonchev–Trinajstić information content (AvgIpc) is 3.18. The van der Waals surface area contributed by atoms with E-state index in [0.29, 0.717) is 26.1 Å². The van der Waals surface area contributed by atoms with Crippen LogP contribution >= 0.6 is 0 Å². The number of hydrogen-bond acceptors (Lipinski definition) is 6. The molecule has 0 aliphatic carbocycles. The van der Waals surface area contributed by atoms with E-state index in [9.17, 15) is 9.59 Å². The Morgan fingerprint density at radius 2 is 2.00 bits per heavy atom. The van der Waals surface area contributed by atoms with Crippen LogP contribution in [0.1, 0.15) is 51.1 Å². The van der Waals surface area contributed by atoms with E-state index in [-0.39, 0.29) is 29.7 Å². The summed E-state index contributed by atoms with van der Waals surface area (Å²) in [5, 5.41) is 3.01. The van der Waals surface area contributed by atoms with Crippen LogP contribution in [0.25, 0.3) is 0 Å². The molecule has 2 saturated heterocycles. The summed E-state index contributed by atoms with van der Waals surface area (Å²) in [4.78, 5) is 38.7. The van der Waals surface area contributed by atoms with Gasteiger partial charge in [-0.25, -0.2) is 9.97 Å². The van der Waals surface area contributed by atoms with Crippen molar-refractivity contribution < 1.29 is 14.3 Å². The van der Waals surface area contributed by atoms with Gasteiger partial charge in [-0.2, -0.15) is 0 Å². The summed E-state index contributed by atoms with van der Waals surface area (Å²) in [6, 6.07) is 1.94. The number of piperidine rings is 1. The number of nitrogens with one attached hydrogen (secondary N) is 1. The normalized spacial score (nSPS) is 22.2. The molecular weight excluding hydrogens is 370 g/mol. The first-order valence-electron chi connectivity index (χ1n) is 10.6. The lowest BCUT2D eigenvalue weighted by atomic mass is 9.91. The number of aromatic nitrogens is 2. The molecular formula is C21H33N5O3. The van der Waals surface area contributed by atoms with Crippen LogP contribution in [-0.4, -0.2) is 72.6 Å². The van der Waals surface area contributed by atoms with Crippen molar-refractivity contribution in [2.24, 2.45) is 5.92 Å². The third-order valence-electron chi connectivity index (χ3n) is 5.64. The van der Waals surface area contributed by atoms with Gasteiger partial charge in [-0.3, -0.25) is 9.59 Å². The molecule has 8 heteroatoms. The van der Waals surface area contributed by atoms with E-state index in [1.54, 1.807) is 18.2 Å². The van der Waals surface area contributed by atoms with E-state index >= 15 is 0 Å². The molecule has 2 fully saturated rings. The van der Waals surface area contributed by atoms with E-state index in [0.717, 1.165) is 37.6 Å². The number of carbonyl (C=O) groups excluding carboxylic acids is 2. The van der Waals surface area contributed by atoms with E-state index < -0.39 is 0 Å². The smallest absolute Gasteiger partial charge is 0.225 e. The minimum Gasteiger partial charge on any atom is -0.384 e. The van der Waals surface area contributed by atoms with Gasteiger partial charge in [0.15, 0.2) is 0 Å². The van der Waals surface area contributed by atoms with E-state index in [2.05, 4.69) is 15.2 Å². The third-order valence-corrected chi connectivity index (χ3v) is 5.64. The first-order valence-corrected chi connectivity index (χ1v) is 10.6. The fourth-order valence-electron chi connectivity index (χ4n) is 4.13. The van der Waals surface area contributed by atoms with Gasteiger partial charge in [-0.15, -0.1) is 0 Å². The molecule has 0 saturated carbocycles. The topological polar surface area (TPSA) is 87.7 Å². The third kappa shape index (κ3) is 5.44. The van der Waals surface area contributed by atoms with Gasteiger partial charge in [-0.05, 0) is 39.2 Å². The maximum absolute atomic E-state index is 12.9. The molecule has 3 heterocycles. The number of likely N-dealkylation sites (tertiary alicyclic amines) is 1. The average molecular weight is 404 g/mol. The number of amides is 2. The Hall–Kier alpha value is -2.22. The summed E-state index contributed by atoms with van der Waals surface area (Å²) in [7, 11) is 1.59. The molecule has 8 nitrogen and oxygen atoms in total. The number of ether oxygens (including phenoxy) is 1. The summed E-state index contributed by atoms with van der Waals surface area (Å²) in [6.45, 7) is 7.12. The fourth-order valence-corrected chi connectivity index (χ4v) is 4.13. The maximum Gasteiger partial charge on any atom is 0.225 e. The zero-order chi connectivity index (χ0) is 20.8. The molecule has 2 atom stereocenters. The van der Waals surface area contributed by atoms with Crippen LogP contribution in [-0.2, 0) is 14.3 Å². The quantitative estimate of drug-likeness (QED) is 0.744. The first kappa shape index (κ1) is 21.5. The van der Waals surface area contributed by atoms with Crippen molar-refractivity contribution in [1.29, 1.82) is 0 Å². The molecule has 0 unspecified atom stereocenters. The molecule has 1 N–H and O–H groups in total. The van der Waals surface area contributed by atoms with Gasteiger partial charge in [-0.1, -0.05) is 0 Å². The summed E-state index contributed by atoms with van der Waals surface area (Å²) in [6.07, 6.45) is 5.65. The predicted octanol–water partition coefficient (Wildman–Crippen LogP) is 1.57. The van der Waals surface area contributed by atoms with Crippen LogP contribution in [0, 0.1) is 5.92 Å². The van der Waals surface area contributed by atoms with Gasteiger partial charge in [0.2, 0.25) is 17.8 Å². The number of carbonyl (C=O) groups is 2. The van der Waals surface area contributed by atoms with Crippen molar-refractivity contribution in [3.05, 3.63) is 18.0 Å². The Labute approximate surface area is 173 Å². The lowest BCUT2D eigenvalue weighted by molar-refractivity contribution is -0.131. The second kappa shape index (κ2) is 10.0. The molecule has 1 aromatic heterocycles. The molecule has 0 spiro atoms. The fraction of sp³-hybridized carbons (Fsp3) is 0.714. The molecule has 0 bridgehead atoms. The second-order valence-corrected chi connectivity index (χ2v) is 8.25. The van der Waals surface area contributed by atoms with Crippen molar-refractivity contribution in [3.8, 4) is 0 Å². The van der Waals surface area contributed by atoms with Crippen LogP contribution in [0.3, 0.4) is 0 Å². The van der Waals surface area contributed by atoms with Crippen LogP contribution in [0.4, 0.5) is 5.95 Å². The number of rotatable bonds is 7. The number of anilines is 1. The number of nitrogens with zero attached hydrogens (tertiary/aromatic N) is 4. The zero-order valence-corrected chi connectivity index (χ0v) is 17.8.